The van der Waals surface area contributed by atoms with Crippen LogP contribution in [0.15, 0.2) is 64.2 Å². The standard InChI is InChI=1S/C19H12IN3O2S/c20-14-8-6-13(7-9-14)11-16-18(25)23-19(26-16)21-17(24)15(22-23)10-12-4-2-1-3-5-12/h1-9,11H,10H2/b16-11+. The van der Waals surface area contributed by atoms with Crippen molar-refractivity contribution in [2.45, 2.75) is 6.42 Å². The largest absolute Gasteiger partial charge is 0.296 e. The number of benzene rings is 2. The van der Waals surface area contributed by atoms with Crippen LogP contribution in [0.3, 0.4) is 0 Å². The Morgan fingerprint density at radius 1 is 1.04 bits per heavy atom. The van der Waals surface area contributed by atoms with Gasteiger partial charge in [-0.2, -0.15) is 14.6 Å². The molecule has 0 aliphatic carbocycles. The van der Waals surface area contributed by atoms with E-state index >= 15 is 0 Å². The van der Waals surface area contributed by atoms with E-state index < -0.39 is 5.56 Å². The van der Waals surface area contributed by atoms with Crippen LogP contribution in [0, 0.1) is 3.57 Å². The molecule has 128 valence electrons. The van der Waals surface area contributed by atoms with E-state index in [-0.39, 0.29) is 11.3 Å². The SMILES string of the molecule is O=c1nc2s/c(=C/c3ccc(I)cc3)c(=O)n2nc1Cc1ccccc1. The molecule has 0 N–H and O–H groups in total. The number of nitrogens with zero attached hydrogens (tertiary/aromatic N) is 3. The molecule has 4 rings (SSSR count). The van der Waals surface area contributed by atoms with Crippen LogP contribution < -0.4 is 15.7 Å². The van der Waals surface area contributed by atoms with Gasteiger partial charge in [0.1, 0.15) is 5.69 Å². The highest BCUT2D eigenvalue weighted by Crippen LogP contribution is 2.08. The van der Waals surface area contributed by atoms with E-state index in [1.165, 1.54) is 15.9 Å². The molecule has 0 amide bonds. The Bertz CT molecular complexity index is 1250. The molecule has 0 atom stereocenters. The zero-order valence-electron chi connectivity index (χ0n) is 13.4. The lowest BCUT2D eigenvalue weighted by atomic mass is 10.1. The van der Waals surface area contributed by atoms with Crippen LogP contribution in [-0.2, 0) is 6.42 Å². The fourth-order valence-electron chi connectivity index (χ4n) is 2.55. The van der Waals surface area contributed by atoms with Crippen LogP contribution in [0.1, 0.15) is 16.8 Å². The van der Waals surface area contributed by atoms with Crippen molar-refractivity contribution in [3.63, 3.8) is 0 Å². The molecular formula is C19H12IN3O2S. The Kier molecular flexibility index (Phi) is 4.64. The molecule has 26 heavy (non-hydrogen) atoms. The van der Waals surface area contributed by atoms with Crippen molar-refractivity contribution in [3.8, 4) is 0 Å². The summed E-state index contributed by atoms with van der Waals surface area (Å²) in [6.45, 7) is 0. The molecule has 0 aliphatic heterocycles. The zero-order valence-corrected chi connectivity index (χ0v) is 16.4. The minimum atomic E-state index is -0.393. The molecule has 0 radical (unpaired) electrons. The first-order valence-corrected chi connectivity index (χ1v) is 9.74. The van der Waals surface area contributed by atoms with Gasteiger partial charge in [-0.1, -0.05) is 53.8 Å². The summed E-state index contributed by atoms with van der Waals surface area (Å²) < 4.78 is 2.85. The summed E-state index contributed by atoms with van der Waals surface area (Å²) in [6, 6.07) is 17.4. The fourth-order valence-corrected chi connectivity index (χ4v) is 3.82. The second-order valence-electron chi connectivity index (χ2n) is 5.69. The second kappa shape index (κ2) is 7.08. The molecule has 0 aliphatic rings. The van der Waals surface area contributed by atoms with Gasteiger partial charge in [-0.25, -0.2) is 0 Å². The van der Waals surface area contributed by atoms with Crippen LogP contribution in [-0.4, -0.2) is 14.6 Å². The summed E-state index contributed by atoms with van der Waals surface area (Å²) in [6.07, 6.45) is 2.14. The zero-order chi connectivity index (χ0) is 18.1. The molecule has 0 unspecified atom stereocenters. The number of rotatable bonds is 3. The Morgan fingerprint density at radius 2 is 1.77 bits per heavy atom. The number of hydrogen-bond acceptors (Lipinski definition) is 5. The molecule has 2 heterocycles. The number of hydrogen-bond donors (Lipinski definition) is 0. The first kappa shape index (κ1) is 17.0. The highest BCUT2D eigenvalue weighted by molar-refractivity contribution is 14.1. The Balaban J connectivity index is 1.81. The van der Waals surface area contributed by atoms with Crippen LogP contribution >= 0.6 is 33.9 Å². The fraction of sp³-hybridized carbons (Fsp3) is 0.0526. The molecule has 0 fully saturated rings. The summed E-state index contributed by atoms with van der Waals surface area (Å²) in [5, 5.41) is 4.26. The summed E-state index contributed by atoms with van der Waals surface area (Å²) in [7, 11) is 0. The van der Waals surface area contributed by atoms with Gasteiger partial charge < -0.3 is 0 Å². The van der Waals surface area contributed by atoms with Gasteiger partial charge in [0, 0.05) is 9.99 Å². The lowest BCUT2D eigenvalue weighted by molar-refractivity contribution is 0.811. The maximum Gasteiger partial charge on any atom is 0.296 e. The first-order valence-electron chi connectivity index (χ1n) is 7.84. The Morgan fingerprint density at radius 3 is 2.50 bits per heavy atom. The van der Waals surface area contributed by atoms with E-state index in [9.17, 15) is 9.59 Å². The maximum absolute atomic E-state index is 12.7. The lowest BCUT2D eigenvalue weighted by Crippen LogP contribution is -2.28. The van der Waals surface area contributed by atoms with Crippen molar-refractivity contribution in [2.24, 2.45) is 0 Å². The Hall–Kier alpha value is -2.39. The van der Waals surface area contributed by atoms with E-state index in [4.69, 9.17) is 0 Å². The Labute approximate surface area is 165 Å². The van der Waals surface area contributed by atoms with Crippen molar-refractivity contribution < 1.29 is 0 Å². The minimum Gasteiger partial charge on any atom is -0.266 e. The van der Waals surface area contributed by atoms with Crippen molar-refractivity contribution in [2.75, 3.05) is 0 Å². The van der Waals surface area contributed by atoms with E-state index in [1.807, 2.05) is 54.6 Å². The van der Waals surface area contributed by atoms with Gasteiger partial charge in [0.25, 0.3) is 11.1 Å². The van der Waals surface area contributed by atoms with Gasteiger partial charge in [0.15, 0.2) is 0 Å². The van der Waals surface area contributed by atoms with E-state index in [0.29, 0.717) is 15.9 Å². The quantitative estimate of drug-likeness (QED) is 0.429. The molecule has 2 aromatic carbocycles. The van der Waals surface area contributed by atoms with E-state index in [0.717, 1.165) is 14.7 Å². The smallest absolute Gasteiger partial charge is 0.266 e. The van der Waals surface area contributed by atoms with Crippen LogP contribution in [0.2, 0.25) is 0 Å². The molecule has 2 aromatic heterocycles. The average molecular weight is 473 g/mol. The summed E-state index contributed by atoms with van der Waals surface area (Å²) in [5.41, 5.74) is 1.49. The van der Waals surface area contributed by atoms with Gasteiger partial charge in [0.2, 0.25) is 4.96 Å². The number of thiazole rings is 1. The molecule has 7 heteroatoms. The molecule has 5 nitrogen and oxygen atoms in total. The topological polar surface area (TPSA) is 64.3 Å². The predicted octanol–water partition coefficient (Wildman–Crippen LogP) is 2.25. The summed E-state index contributed by atoms with van der Waals surface area (Å²) in [4.78, 5) is 29.3. The average Bonchev–Trinajstić information content (AvgIpc) is 2.93. The number of halogens is 1. The van der Waals surface area contributed by atoms with Crippen molar-refractivity contribution in [3.05, 3.63) is 100 Å². The molecular weight excluding hydrogens is 461 g/mol. The normalized spacial score (nSPS) is 12.0. The van der Waals surface area contributed by atoms with Gasteiger partial charge in [0.05, 0.1) is 4.53 Å². The third-order valence-corrected chi connectivity index (χ3v) is 5.51. The highest BCUT2D eigenvalue weighted by atomic mass is 127. The van der Waals surface area contributed by atoms with Crippen LogP contribution in [0.4, 0.5) is 0 Å². The van der Waals surface area contributed by atoms with Gasteiger partial charge in [-0.3, -0.25) is 9.59 Å². The lowest BCUT2D eigenvalue weighted by Gasteiger charge is -1.99. The molecule has 4 aromatic rings. The predicted molar refractivity (Wildman–Crippen MR) is 111 cm³/mol. The van der Waals surface area contributed by atoms with Gasteiger partial charge in [-0.15, -0.1) is 0 Å². The number of fused-ring (bicyclic) bond motifs is 1. The first-order chi connectivity index (χ1) is 12.6. The third-order valence-electron chi connectivity index (χ3n) is 3.83. The summed E-state index contributed by atoms with van der Waals surface area (Å²) in [5.74, 6) is 0. The van der Waals surface area contributed by atoms with Crippen molar-refractivity contribution in [1.82, 2.24) is 14.6 Å². The van der Waals surface area contributed by atoms with E-state index in [1.54, 1.807) is 6.08 Å². The molecule has 0 spiro atoms. The second-order valence-corrected chi connectivity index (χ2v) is 7.94. The van der Waals surface area contributed by atoms with Crippen LogP contribution in [0.5, 0.6) is 0 Å². The minimum absolute atomic E-state index is 0.259. The van der Waals surface area contributed by atoms with Crippen molar-refractivity contribution in [1.29, 1.82) is 0 Å². The van der Waals surface area contributed by atoms with Gasteiger partial charge in [-0.05, 0) is 51.9 Å². The van der Waals surface area contributed by atoms with E-state index in [2.05, 4.69) is 32.7 Å². The third kappa shape index (κ3) is 3.45. The summed E-state index contributed by atoms with van der Waals surface area (Å²) >= 11 is 3.40. The van der Waals surface area contributed by atoms with Gasteiger partial charge >= 0.3 is 0 Å². The molecule has 0 saturated heterocycles. The van der Waals surface area contributed by atoms with Crippen LogP contribution in [0.25, 0.3) is 11.0 Å². The number of aromatic nitrogens is 3. The molecule has 0 bridgehead atoms. The maximum atomic E-state index is 12.7. The monoisotopic (exact) mass is 473 g/mol. The van der Waals surface area contributed by atoms with Crippen molar-refractivity contribution >= 4 is 45.0 Å². The highest BCUT2D eigenvalue weighted by Gasteiger charge is 2.11. The molecule has 0 saturated carbocycles.